The van der Waals surface area contributed by atoms with E-state index in [1.165, 1.54) is 18.5 Å². The molecule has 0 fully saturated rings. The van der Waals surface area contributed by atoms with Crippen LogP contribution in [-0.4, -0.2) is 10.6 Å². The lowest BCUT2D eigenvalue weighted by molar-refractivity contribution is 0.385. The number of nitrogens with one attached hydrogen (secondary N) is 1. The summed E-state index contributed by atoms with van der Waals surface area (Å²) in [5, 5.41) is 3.61. The molecular formula is C14H26N2. The molecule has 1 aromatic rings. The molecule has 0 aromatic carbocycles. The number of aromatic nitrogens is 1. The predicted octanol–water partition coefficient (Wildman–Crippen LogP) is 3.42. The number of hydrogen-bond donors (Lipinski definition) is 1. The monoisotopic (exact) mass is 222 g/mol. The Balaban J connectivity index is 2.44. The number of hydrogen-bond acceptors (Lipinski definition) is 1. The molecular weight excluding hydrogens is 196 g/mol. The van der Waals surface area contributed by atoms with Gasteiger partial charge in [0.2, 0.25) is 0 Å². The van der Waals surface area contributed by atoms with Crippen molar-refractivity contribution in [3.63, 3.8) is 0 Å². The topological polar surface area (TPSA) is 17.0 Å². The molecule has 1 N–H and O–H groups in total. The third-order valence-electron chi connectivity index (χ3n) is 3.49. The number of rotatable bonds is 7. The van der Waals surface area contributed by atoms with Crippen LogP contribution in [0.3, 0.4) is 0 Å². The van der Waals surface area contributed by atoms with Crippen LogP contribution in [0.1, 0.15) is 46.2 Å². The maximum atomic E-state index is 3.61. The normalized spacial score (nSPS) is 15.0. The van der Waals surface area contributed by atoms with E-state index in [0.717, 1.165) is 19.0 Å². The molecule has 0 saturated carbocycles. The second kappa shape index (κ2) is 6.74. The third kappa shape index (κ3) is 3.67. The Morgan fingerprint density at radius 2 is 2.06 bits per heavy atom. The maximum Gasteiger partial charge on any atom is 0.0361 e. The smallest absolute Gasteiger partial charge is 0.0361 e. The van der Waals surface area contributed by atoms with Gasteiger partial charge in [0.05, 0.1) is 0 Å². The lowest BCUT2D eigenvalue weighted by Gasteiger charge is -2.20. The molecule has 0 amide bonds. The van der Waals surface area contributed by atoms with Crippen LogP contribution >= 0.6 is 0 Å². The second-order valence-corrected chi connectivity index (χ2v) is 4.75. The van der Waals surface area contributed by atoms with Crippen molar-refractivity contribution in [2.45, 2.75) is 59.7 Å². The van der Waals surface area contributed by atoms with Gasteiger partial charge in [0.25, 0.3) is 0 Å². The van der Waals surface area contributed by atoms with Gasteiger partial charge in [0, 0.05) is 31.0 Å². The van der Waals surface area contributed by atoms with E-state index in [0.29, 0.717) is 6.04 Å². The van der Waals surface area contributed by atoms with Gasteiger partial charge in [-0.05, 0) is 31.4 Å². The first-order valence-electron chi connectivity index (χ1n) is 6.56. The largest absolute Gasteiger partial charge is 0.350 e. The van der Waals surface area contributed by atoms with Gasteiger partial charge >= 0.3 is 0 Å². The summed E-state index contributed by atoms with van der Waals surface area (Å²) >= 11 is 0. The van der Waals surface area contributed by atoms with E-state index in [2.05, 4.69) is 55.9 Å². The molecule has 16 heavy (non-hydrogen) atoms. The molecule has 92 valence electrons. The van der Waals surface area contributed by atoms with Gasteiger partial charge in [-0.2, -0.15) is 0 Å². The van der Waals surface area contributed by atoms with Gasteiger partial charge in [-0.1, -0.05) is 27.2 Å². The van der Waals surface area contributed by atoms with Crippen molar-refractivity contribution in [3.05, 3.63) is 24.0 Å². The average molecular weight is 222 g/mol. The molecule has 2 atom stereocenters. The van der Waals surface area contributed by atoms with Crippen LogP contribution < -0.4 is 5.32 Å². The minimum atomic E-state index is 0.593. The van der Waals surface area contributed by atoms with Crippen molar-refractivity contribution in [1.82, 2.24) is 9.88 Å². The summed E-state index contributed by atoms with van der Waals surface area (Å²) in [6, 6.07) is 4.95. The zero-order chi connectivity index (χ0) is 12.0. The lowest BCUT2D eigenvalue weighted by Crippen LogP contribution is -2.32. The van der Waals surface area contributed by atoms with Crippen LogP contribution in [0, 0.1) is 5.92 Å². The Hall–Kier alpha value is -0.760. The van der Waals surface area contributed by atoms with Crippen molar-refractivity contribution in [1.29, 1.82) is 0 Å². The minimum absolute atomic E-state index is 0.593. The lowest BCUT2D eigenvalue weighted by atomic mass is 10.0. The Morgan fingerprint density at radius 1 is 1.31 bits per heavy atom. The van der Waals surface area contributed by atoms with Crippen molar-refractivity contribution < 1.29 is 0 Å². The summed E-state index contributed by atoms with van der Waals surface area (Å²) in [5.41, 5.74) is 1.40. The van der Waals surface area contributed by atoms with E-state index >= 15 is 0 Å². The number of nitrogens with zero attached hydrogens (tertiary/aromatic N) is 1. The molecule has 0 aliphatic rings. The van der Waals surface area contributed by atoms with Crippen LogP contribution in [0.25, 0.3) is 0 Å². The first-order chi connectivity index (χ1) is 7.69. The Bertz CT molecular complexity index is 291. The van der Waals surface area contributed by atoms with Gasteiger partial charge in [0.15, 0.2) is 0 Å². The summed E-state index contributed by atoms with van der Waals surface area (Å²) in [4.78, 5) is 0. The van der Waals surface area contributed by atoms with Gasteiger partial charge in [0.1, 0.15) is 0 Å². The van der Waals surface area contributed by atoms with Crippen molar-refractivity contribution in [3.8, 4) is 0 Å². The van der Waals surface area contributed by atoms with E-state index < -0.39 is 0 Å². The average Bonchev–Trinajstić information content (AvgIpc) is 2.73. The molecule has 1 aromatic heterocycles. The third-order valence-corrected chi connectivity index (χ3v) is 3.49. The Kier molecular flexibility index (Phi) is 5.61. The van der Waals surface area contributed by atoms with Crippen LogP contribution in [0.4, 0.5) is 0 Å². The molecule has 0 saturated heterocycles. The molecule has 0 radical (unpaired) electrons. The highest BCUT2D eigenvalue weighted by Gasteiger charge is 2.09. The summed E-state index contributed by atoms with van der Waals surface area (Å²) < 4.78 is 2.34. The Morgan fingerprint density at radius 3 is 2.69 bits per heavy atom. The van der Waals surface area contributed by atoms with Crippen LogP contribution in [0.15, 0.2) is 18.3 Å². The molecule has 0 spiro atoms. The quantitative estimate of drug-likeness (QED) is 0.748. The van der Waals surface area contributed by atoms with Gasteiger partial charge in [-0.3, -0.25) is 0 Å². The van der Waals surface area contributed by atoms with Gasteiger partial charge in [-0.25, -0.2) is 0 Å². The summed E-state index contributed by atoms with van der Waals surface area (Å²) in [7, 11) is 0. The van der Waals surface area contributed by atoms with E-state index in [1.54, 1.807) is 0 Å². The molecule has 0 aliphatic heterocycles. The van der Waals surface area contributed by atoms with E-state index in [1.807, 2.05) is 0 Å². The molecule has 1 heterocycles. The van der Waals surface area contributed by atoms with Crippen LogP contribution in [0.2, 0.25) is 0 Å². The number of aryl methyl sites for hydroxylation is 1. The van der Waals surface area contributed by atoms with Crippen molar-refractivity contribution in [2.75, 3.05) is 0 Å². The van der Waals surface area contributed by atoms with Crippen molar-refractivity contribution >= 4 is 0 Å². The highest BCUT2D eigenvalue weighted by atomic mass is 15.0. The highest BCUT2D eigenvalue weighted by Crippen LogP contribution is 2.09. The summed E-state index contributed by atoms with van der Waals surface area (Å²) in [6.07, 6.45) is 4.61. The SMILES string of the molecule is CCCn1cccc1CNC(C)C(C)CC. The molecule has 1 rings (SSSR count). The molecule has 0 aliphatic carbocycles. The van der Waals surface area contributed by atoms with Gasteiger partial charge < -0.3 is 9.88 Å². The predicted molar refractivity (Wildman–Crippen MR) is 70.5 cm³/mol. The maximum absolute atomic E-state index is 3.61. The minimum Gasteiger partial charge on any atom is -0.350 e. The van der Waals surface area contributed by atoms with E-state index in [9.17, 15) is 0 Å². The van der Waals surface area contributed by atoms with Crippen molar-refractivity contribution in [2.24, 2.45) is 5.92 Å². The zero-order valence-corrected chi connectivity index (χ0v) is 11.2. The fourth-order valence-corrected chi connectivity index (χ4v) is 1.89. The zero-order valence-electron chi connectivity index (χ0n) is 11.2. The summed E-state index contributed by atoms with van der Waals surface area (Å²) in [5.74, 6) is 0.745. The fraction of sp³-hybridized carbons (Fsp3) is 0.714. The van der Waals surface area contributed by atoms with Gasteiger partial charge in [-0.15, -0.1) is 0 Å². The fourth-order valence-electron chi connectivity index (χ4n) is 1.89. The van der Waals surface area contributed by atoms with E-state index in [4.69, 9.17) is 0 Å². The summed E-state index contributed by atoms with van der Waals surface area (Å²) in [6.45, 7) is 11.2. The van der Waals surface area contributed by atoms with Crippen LogP contribution in [-0.2, 0) is 13.1 Å². The standard InChI is InChI=1S/C14H26N2/c1-5-9-16-10-7-8-14(16)11-15-13(4)12(3)6-2/h7-8,10,12-13,15H,5-6,9,11H2,1-4H3. The molecule has 2 nitrogen and oxygen atoms in total. The van der Waals surface area contributed by atoms with Crippen LogP contribution in [0.5, 0.6) is 0 Å². The molecule has 2 unspecified atom stereocenters. The Labute approximate surface area is 100 Å². The first kappa shape index (κ1) is 13.3. The highest BCUT2D eigenvalue weighted by molar-refractivity contribution is 5.07. The second-order valence-electron chi connectivity index (χ2n) is 4.75. The van der Waals surface area contributed by atoms with E-state index in [-0.39, 0.29) is 0 Å². The first-order valence-corrected chi connectivity index (χ1v) is 6.56. The molecule has 2 heteroatoms. The molecule has 0 bridgehead atoms.